The van der Waals surface area contributed by atoms with Crippen molar-refractivity contribution in [2.24, 2.45) is 0 Å². The molecule has 124 valence electrons. The van der Waals surface area contributed by atoms with E-state index in [2.05, 4.69) is 15.1 Å². The molecule has 0 saturated heterocycles. The van der Waals surface area contributed by atoms with Crippen LogP contribution in [0.15, 0.2) is 36.2 Å². The van der Waals surface area contributed by atoms with E-state index in [4.69, 9.17) is 0 Å². The predicted octanol–water partition coefficient (Wildman–Crippen LogP) is 1.22. The van der Waals surface area contributed by atoms with Crippen molar-refractivity contribution < 1.29 is 17.6 Å². The van der Waals surface area contributed by atoms with Gasteiger partial charge in [-0.3, -0.25) is 9.78 Å². The molecule has 24 heavy (non-hydrogen) atoms. The quantitative estimate of drug-likeness (QED) is 0.743. The standard InChI is InChI=1S/C13H10FN5O3S2/c1-24(21,22)18-12(20)13-17-11(7-23-13)8-3-16-19(6-8)10-2-9(14)4-15-5-10/h2-7H,1H3,(H,18,20). The Hall–Kier alpha value is -2.66. The van der Waals surface area contributed by atoms with Crippen LogP contribution in [0.25, 0.3) is 16.9 Å². The van der Waals surface area contributed by atoms with E-state index < -0.39 is 21.7 Å². The number of amides is 1. The first-order valence-corrected chi connectivity index (χ1v) is 9.22. The Kier molecular flexibility index (Phi) is 4.11. The second-order valence-electron chi connectivity index (χ2n) is 4.78. The zero-order valence-electron chi connectivity index (χ0n) is 12.2. The summed E-state index contributed by atoms with van der Waals surface area (Å²) in [5.74, 6) is -1.28. The minimum absolute atomic E-state index is 0.00981. The summed E-state index contributed by atoms with van der Waals surface area (Å²) >= 11 is 1.00. The van der Waals surface area contributed by atoms with Crippen molar-refractivity contribution in [1.82, 2.24) is 24.5 Å². The van der Waals surface area contributed by atoms with Gasteiger partial charge in [0.15, 0.2) is 5.01 Å². The van der Waals surface area contributed by atoms with Crippen LogP contribution in [0.5, 0.6) is 0 Å². The number of carbonyl (C=O) groups is 1. The van der Waals surface area contributed by atoms with E-state index in [1.54, 1.807) is 11.6 Å². The molecular weight excluding hydrogens is 357 g/mol. The van der Waals surface area contributed by atoms with E-state index in [9.17, 15) is 17.6 Å². The molecule has 0 spiro atoms. The molecule has 0 saturated carbocycles. The predicted molar refractivity (Wildman–Crippen MR) is 84.7 cm³/mol. The van der Waals surface area contributed by atoms with Crippen LogP contribution >= 0.6 is 11.3 Å². The van der Waals surface area contributed by atoms with E-state index in [1.165, 1.54) is 23.1 Å². The fraction of sp³-hybridized carbons (Fsp3) is 0.0769. The van der Waals surface area contributed by atoms with Gasteiger partial charge in [-0.1, -0.05) is 0 Å². The van der Waals surface area contributed by atoms with Gasteiger partial charge < -0.3 is 0 Å². The highest BCUT2D eigenvalue weighted by atomic mass is 32.2. The second-order valence-corrected chi connectivity index (χ2v) is 7.38. The summed E-state index contributed by atoms with van der Waals surface area (Å²) in [5.41, 5.74) is 1.48. The van der Waals surface area contributed by atoms with Crippen LogP contribution < -0.4 is 4.72 Å². The monoisotopic (exact) mass is 367 g/mol. The number of pyridine rings is 1. The van der Waals surface area contributed by atoms with Crippen molar-refractivity contribution in [2.45, 2.75) is 0 Å². The molecule has 3 heterocycles. The van der Waals surface area contributed by atoms with Gasteiger partial charge in [0.2, 0.25) is 10.0 Å². The van der Waals surface area contributed by atoms with Crippen LogP contribution in [0.4, 0.5) is 4.39 Å². The molecule has 8 nitrogen and oxygen atoms in total. The zero-order valence-corrected chi connectivity index (χ0v) is 13.8. The lowest BCUT2D eigenvalue weighted by molar-refractivity contribution is 0.0981. The molecule has 11 heteroatoms. The molecule has 0 aromatic carbocycles. The van der Waals surface area contributed by atoms with E-state index in [1.807, 2.05) is 4.72 Å². The molecule has 0 unspecified atom stereocenters. The van der Waals surface area contributed by atoms with Crippen LogP contribution in [-0.2, 0) is 10.0 Å². The lowest BCUT2D eigenvalue weighted by atomic mass is 10.3. The molecular formula is C13H10FN5O3S2. The highest BCUT2D eigenvalue weighted by molar-refractivity contribution is 7.89. The first-order chi connectivity index (χ1) is 11.3. The van der Waals surface area contributed by atoms with Crippen molar-refractivity contribution in [1.29, 1.82) is 0 Å². The van der Waals surface area contributed by atoms with Gasteiger partial charge in [-0.2, -0.15) is 5.10 Å². The van der Waals surface area contributed by atoms with E-state index >= 15 is 0 Å². The van der Waals surface area contributed by atoms with Crippen LogP contribution in [0.2, 0.25) is 0 Å². The van der Waals surface area contributed by atoms with Gasteiger partial charge in [0, 0.05) is 23.2 Å². The number of rotatable bonds is 4. The summed E-state index contributed by atoms with van der Waals surface area (Å²) in [6.45, 7) is 0. The van der Waals surface area contributed by atoms with E-state index in [0.717, 1.165) is 23.8 Å². The van der Waals surface area contributed by atoms with Crippen LogP contribution in [0, 0.1) is 5.82 Å². The maximum atomic E-state index is 13.2. The largest absolute Gasteiger partial charge is 0.293 e. The van der Waals surface area contributed by atoms with Gasteiger partial charge in [0.1, 0.15) is 5.82 Å². The minimum atomic E-state index is -3.65. The average Bonchev–Trinajstić information content (AvgIpc) is 3.15. The molecule has 3 aromatic rings. The Labute approximate surface area is 140 Å². The lowest BCUT2D eigenvalue weighted by Gasteiger charge is -1.99. The summed E-state index contributed by atoms with van der Waals surface area (Å²) < 4.78 is 38.6. The van der Waals surface area contributed by atoms with Gasteiger partial charge in [-0.25, -0.2) is 27.2 Å². The van der Waals surface area contributed by atoms with Crippen molar-refractivity contribution in [3.63, 3.8) is 0 Å². The maximum Gasteiger partial charge on any atom is 0.293 e. The molecule has 0 atom stereocenters. The number of hydrogen-bond donors (Lipinski definition) is 1. The molecule has 0 aliphatic rings. The summed E-state index contributed by atoms with van der Waals surface area (Å²) in [6, 6.07) is 1.27. The smallest absolute Gasteiger partial charge is 0.265 e. The Morgan fingerprint density at radius 3 is 2.83 bits per heavy atom. The highest BCUT2D eigenvalue weighted by Gasteiger charge is 2.16. The van der Waals surface area contributed by atoms with Gasteiger partial charge >= 0.3 is 0 Å². The maximum absolute atomic E-state index is 13.2. The van der Waals surface area contributed by atoms with Gasteiger partial charge in [-0.15, -0.1) is 11.3 Å². The van der Waals surface area contributed by atoms with Crippen LogP contribution in [0.3, 0.4) is 0 Å². The van der Waals surface area contributed by atoms with Crippen molar-refractivity contribution in [2.75, 3.05) is 6.26 Å². The molecule has 0 radical (unpaired) electrons. The minimum Gasteiger partial charge on any atom is -0.265 e. The Bertz CT molecular complexity index is 1010. The summed E-state index contributed by atoms with van der Waals surface area (Å²) in [6.07, 6.45) is 6.52. The van der Waals surface area contributed by atoms with Crippen molar-refractivity contribution in [3.05, 3.63) is 47.1 Å². The Morgan fingerprint density at radius 1 is 1.33 bits per heavy atom. The third-order valence-corrected chi connectivity index (χ3v) is 4.21. The average molecular weight is 367 g/mol. The SMILES string of the molecule is CS(=O)(=O)NC(=O)c1nc(-c2cnn(-c3cncc(F)c3)c2)cs1. The number of carbonyl (C=O) groups excluding carboxylic acids is 1. The molecule has 0 fully saturated rings. The molecule has 0 bridgehead atoms. The van der Waals surface area contributed by atoms with Crippen LogP contribution in [0.1, 0.15) is 9.80 Å². The number of nitrogens with zero attached hydrogens (tertiary/aromatic N) is 4. The summed E-state index contributed by atoms with van der Waals surface area (Å²) in [5, 5.41) is 5.71. The molecule has 1 N–H and O–H groups in total. The number of sulfonamides is 1. The molecule has 1 amide bonds. The van der Waals surface area contributed by atoms with Gasteiger partial charge in [0.25, 0.3) is 5.91 Å². The van der Waals surface area contributed by atoms with Gasteiger partial charge in [-0.05, 0) is 0 Å². The second kappa shape index (κ2) is 6.09. The van der Waals surface area contributed by atoms with Crippen molar-refractivity contribution >= 4 is 27.3 Å². The van der Waals surface area contributed by atoms with E-state index in [-0.39, 0.29) is 5.01 Å². The summed E-state index contributed by atoms with van der Waals surface area (Å²) in [7, 11) is -3.65. The number of hydrogen-bond acceptors (Lipinski definition) is 7. The Balaban J connectivity index is 1.85. The first-order valence-electron chi connectivity index (χ1n) is 6.45. The molecule has 0 aliphatic heterocycles. The van der Waals surface area contributed by atoms with Crippen molar-refractivity contribution in [3.8, 4) is 16.9 Å². The normalized spacial score (nSPS) is 11.4. The fourth-order valence-corrected chi connectivity index (χ4v) is 3.06. The van der Waals surface area contributed by atoms with E-state index in [0.29, 0.717) is 16.9 Å². The zero-order chi connectivity index (χ0) is 17.3. The number of nitrogens with one attached hydrogen (secondary N) is 1. The topological polar surface area (TPSA) is 107 Å². The number of thiazole rings is 1. The number of halogens is 1. The third-order valence-electron chi connectivity index (χ3n) is 2.81. The third kappa shape index (κ3) is 3.63. The number of aromatic nitrogens is 4. The highest BCUT2D eigenvalue weighted by Crippen LogP contribution is 2.22. The summed E-state index contributed by atoms with van der Waals surface area (Å²) in [4.78, 5) is 19.6. The Morgan fingerprint density at radius 2 is 2.12 bits per heavy atom. The lowest BCUT2D eigenvalue weighted by Crippen LogP contribution is -2.29. The molecule has 3 rings (SSSR count). The van der Waals surface area contributed by atoms with Crippen LogP contribution in [-0.4, -0.2) is 40.3 Å². The molecule has 0 aliphatic carbocycles. The molecule has 3 aromatic heterocycles. The fourth-order valence-electron chi connectivity index (χ4n) is 1.84. The van der Waals surface area contributed by atoms with Gasteiger partial charge in [0.05, 0.1) is 36.2 Å². The first kappa shape index (κ1) is 16.2.